The molecule has 72 valence electrons. The Labute approximate surface area is 77.1 Å². The first-order valence-corrected chi connectivity index (χ1v) is 3.80. The molecule has 0 heterocycles. The van der Waals surface area contributed by atoms with Crippen LogP contribution in [0.25, 0.3) is 0 Å². The van der Waals surface area contributed by atoms with Crippen LogP contribution < -0.4 is 16.4 Å². The molecule has 5 heteroatoms. The van der Waals surface area contributed by atoms with Crippen LogP contribution in [-0.4, -0.2) is 30.9 Å². The van der Waals surface area contributed by atoms with E-state index in [-0.39, 0.29) is 12.5 Å². The minimum Gasteiger partial charge on any atom is -0.368 e. The van der Waals surface area contributed by atoms with Gasteiger partial charge < -0.3 is 11.1 Å². The van der Waals surface area contributed by atoms with Gasteiger partial charge in [-0.05, 0) is 6.92 Å². The van der Waals surface area contributed by atoms with E-state index < -0.39 is 11.9 Å². The van der Waals surface area contributed by atoms with Gasteiger partial charge in [-0.15, -0.1) is 6.42 Å². The molecule has 2 amide bonds. The molecule has 0 saturated heterocycles. The molecule has 1 atom stereocenters. The lowest BCUT2D eigenvalue weighted by Crippen LogP contribution is -2.45. The number of primary amides is 1. The molecule has 0 bridgehead atoms. The van der Waals surface area contributed by atoms with E-state index in [1.807, 2.05) is 0 Å². The Morgan fingerprint density at radius 3 is 2.69 bits per heavy atom. The van der Waals surface area contributed by atoms with E-state index in [1.54, 1.807) is 0 Å². The Kier molecular flexibility index (Phi) is 5.32. The Hall–Kier alpha value is -1.54. The molecule has 0 radical (unpaired) electrons. The zero-order chi connectivity index (χ0) is 10.3. The molecule has 4 N–H and O–H groups in total. The third kappa shape index (κ3) is 5.70. The Balaban J connectivity index is 3.63. The van der Waals surface area contributed by atoms with E-state index in [0.717, 1.165) is 0 Å². The van der Waals surface area contributed by atoms with Crippen molar-refractivity contribution in [1.82, 2.24) is 10.6 Å². The molecular weight excluding hydrogens is 170 g/mol. The molecule has 0 spiro atoms. The monoisotopic (exact) mass is 183 g/mol. The van der Waals surface area contributed by atoms with Gasteiger partial charge in [-0.3, -0.25) is 14.9 Å². The van der Waals surface area contributed by atoms with E-state index >= 15 is 0 Å². The average molecular weight is 183 g/mol. The van der Waals surface area contributed by atoms with Gasteiger partial charge in [-0.1, -0.05) is 5.92 Å². The second-order valence-electron chi connectivity index (χ2n) is 2.50. The number of terminal acetylenes is 1. The summed E-state index contributed by atoms with van der Waals surface area (Å²) in [5.41, 5.74) is 4.93. The summed E-state index contributed by atoms with van der Waals surface area (Å²) in [5, 5.41) is 5.07. The van der Waals surface area contributed by atoms with Crippen LogP contribution in [0, 0.1) is 12.3 Å². The fourth-order valence-corrected chi connectivity index (χ4v) is 0.612. The minimum atomic E-state index is -0.653. The first kappa shape index (κ1) is 11.5. The highest BCUT2D eigenvalue weighted by molar-refractivity contribution is 5.86. The maximum absolute atomic E-state index is 11.0. The van der Waals surface area contributed by atoms with Gasteiger partial charge in [-0.2, -0.15) is 0 Å². The fraction of sp³-hybridized carbons (Fsp3) is 0.500. The summed E-state index contributed by atoms with van der Waals surface area (Å²) in [6, 6.07) is -0.653. The molecule has 0 aliphatic heterocycles. The highest BCUT2D eigenvalue weighted by Crippen LogP contribution is 1.77. The lowest BCUT2D eigenvalue weighted by Gasteiger charge is -2.09. The number of carbonyl (C=O) groups is 2. The number of nitrogens with two attached hydrogens (primary N) is 1. The largest absolute Gasteiger partial charge is 0.368 e. The Bertz CT molecular complexity index is 232. The molecule has 0 aromatic heterocycles. The molecule has 1 unspecified atom stereocenters. The van der Waals surface area contributed by atoms with Crippen LogP contribution in [0.2, 0.25) is 0 Å². The van der Waals surface area contributed by atoms with Crippen LogP contribution in [0.1, 0.15) is 6.92 Å². The van der Waals surface area contributed by atoms with Gasteiger partial charge in [0.1, 0.15) is 6.04 Å². The minimum absolute atomic E-state index is 0.0851. The second-order valence-corrected chi connectivity index (χ2v) is 2.50. The van der Waals surface area contributed by atoms with Crippen molar-refractivity contribution >= 4 is 11.8 Å². The number of hydrogen-bond acceptors (Lipinski definition) is 3. The molecule has 0 rings (SSSR count). The van der Waals surface area contributed by atoms with Crippen molar-refractivity contribution in [1.29, 1.82) is 0 Å². The third-order valence-electron chi connectivity index (χ3n) is 1.32. The molecule has 0 fully saturated rings. The topological polar surface area (TPSA) is 84.2 Å². The van der Waals surface area contributed by atoms with E-state index in [1.165, 1.54) is 6.92 Å². The maximum atomic E-state index is 11.0. The SMILES string of the molecule is C#CCNCC(=O)NC(C)C(N)=O. The standard InChI is InChI=1S/C8H13N3O2/c1-3-4-10-5-7(12)11-6(2)8(9)13/h1,6,10H,4-5H2,2H3,(H2,9,13)(H,11,12). The molecule has 0 saturated carbocycles. The quantitative estimate of drug-likeness (QED) is 0.347. The van der Waals surface area contributed by atoms with Crippen LogP contribution >= 0.6 is 0 Å². The number of nitrogens with one attached hydrogen (secondary N) is 2. The third-order valence-corrected chi connectivity index (χ3v) is 1.32. The molecule has 5 nitrogen and oxygen atoms in total. The van der Waals surface area contributed by atoms with Crippen LogP contribution in [0.15, 0.2) is 0 Å². The average Bonchev–Trinajstić information content (AvgIpc) is 2.04. The summed E-state index contributed by atoms with van der Waals surface area (Å²) < 4.78 is 0. The number of carbonyl (C=O) groups excluding carboxylic acids is 2. The second kappa shape index (κ2) is 6.03. The van der Waals surface area contributed by atoms with Crippen molar-refractivity contribution in [2.45, 2.75) is 13.0 Å². The molecule has 0 aromatic rings. The van der Waals surface area contributed by atoms with Crippen molar-refractivity contribution in [3.63, 3.8) is 0 Å². The molecule has 0 aromatic carbocycles. The lowest BCUT2D eigenvalue weighted by molar-refractivity contribution is -0.126. The van der Waals surface area contributed by atoms with Gasteiger partial charge in [0.05, 0.1) is 13.1 Å². The summed E-state index contributed by atoms with van der Waals surface area (Å²) >= 11 is 0. The van der Waals surface area contributed by atoms with Crippen LogP contribution in [0.5, 0.6) is 0 Å². The number of hydrogen-bond donors (Lipinski definition) is 3. The van der Waals surface area contributed by atoms with Crippen molar-refractivity contribution < 1.29 is 9.59 Å². The van der Waals surface area contributed by atoms with Gasteiger partial charge in [0.25, 0.3) is 0 Å². The first-order valence-electron chi connectivity index (χ1n) is 3.80. The maximum Gasteiger partial charge on any atom is 0.239 e. The summed E-state index contributed by atoms with van der Waals surface area (Å²) in [5.74, 6) is 1.45. The zero-order valence-electron chi connectivity index (χ0n) is 7.46. The van der Waals surface area contributed by atoms with Gasteiger partial charge in [0, 0.05) is 0 Å². The van der Waals surface area contributed by atoms with Crippen molar-refractivity contribution in [3.05, 3.63) is 0 Å². The van der Waals surface area contributed by atoms with E-state index in [4.69, 9.17) is 12.2 Å². The van der Waals surface area contributed by atoms with Gasteiger partial charge in [-0.25, -0.2) is 0 Å². The van der Waals surface area contributed by atoms with Gasteiger partial charge >= 0.3 is 0 Å². The van der Waals surface area contributed by atoms with Crippen molar-refractivity contribution in [2.75, 3.05) is 13.1 Å². The molecule has 0 aliphatic rings. The van der Waals surface area contributed by atoms with Gasteiger partial charge in [0.15, 0.2) is 0 Å². The Morgan fingerprint density at radius 1 is 1.62 bits per heavy atom. The van der Waals surface area contributed by atoms with E-state index in [9.17, 15) is 9.59 Å². The summed E-state index contributed by atoms with van der Waals surface area (Å²) in [6.45, 7) is 1.92. The summed E-state index contributed by atoms with van der Waals surface area (Å²) in [4.78, 5) is 21.5. The normalized spacial score (nSPS) is 11.4. The highest BCUT2D eigenvalue weighted by atomic mass is 16.2. The van der Waals surface area contributed by atoms with E-state index in [2.05, 4.69) is 16.6 Å². The number of rotatable bonds is 5. The van der Waals surface area contributed by atoms with Crippen molar-refractivity contribution in [2.24, 2.45) is 5.73 Å². The zero-order valence-corrected chi connectivity index (χ0v) is 7.46. The van der Waals surface area contributed by atoms with Crippen LogP contribution in [0.4, 0.5) is 0 Å². The van der Waals surface area contributed by atoms with E-state index in [0.29, 0.717) is 6.54 Å². The molecule has 0 aliphatic carbocycles. The highest BCUT2D eigenvalue weighted by Gasteiger charge is 2.10. The van der Waals surface area contributed by atoms with Crippen molar-refractivity contribution in [3.8, 4) is 12.3 Å². The summed E-state index contributed by atoms with van der Waals surface area (Å²) in [6.07, 6.45) is 4.95. The number of amides is 2. The van der Waals surface area contributed by atoms with Crippen LogP contribution in [-0.2, 0) is 9.59 Å². The lowest BCUT2D eigenvalue weighted by atomic mass is 10.3. The summed E-state index contributed by atoms with van der Waals surface area (Å²) in [7, 11) is 0. The predicted octanol–water partition coefficient (Wildman–Crippen LogP) is -1.80. The molecular formula is C8H13N3O2. The Morgan fingerprint density at radius 2 is 2.23 bits per heavy atom. The smallest absolute Gasteiger partial charge is 0.239 e. The van der Waals surface area contributed by atoms with Gasteiger partial charge in [0.2, 0.25) is 11.8 Å². The first-order chi connectivity index (χ1) is 6.07. The van der Waals surface area contributed by atoms with Crippen LogP contribution in [0.3, 0.4) is 0 Å². The fourth-order valence-electron chi connectivity index (χ4n) is 0.612. The molecule has 13 heavy (non-hydrogen) atoms. The predicted molar refractivity (Wildman–Crippen MR) is 48.5 cm³/mol.